The Bertz CT molecular complexity index is 676. The number of rotatable bonds is 8. The smallest absolute Gasteiger partial charge is 0.251 e. The average Bonchev–Trinajstić information content (AvgIpc) is 2.67. The molecule has 0 aromatic carbocycles. The number of hydrogen-bond donors (Lipinski definition) is 2. The van der Waals surface area contributed by atoms with E-state index in [9.17, 15) is 9.59 Å². The summed E-state index contributed by atoms with van der Waals surface area (Å²) in [5, 5.41) is 6.11. The Labute approximate surface area is 175 Å². The summed E-state index contributed by atoms with van der Waals surface area (Å²) in [7, 11) is 0. The van der Waals surface area contributed by atoms with E-state index in [0.29, 0.717) is 29.9 Å². The molecular formula is C23H38N4O2. The van der Waals surface area contributed by atoms with E-state index in [-0.39, 0.29) is 17.9 Å². The molecule has 0 spiro atoms. The van der Waals surface area contributed by atoms with Crippen molar-refractivity contribution >= 4 is 17.6 Å². The molecule has 29 heavy (non-hydrogen) atoms. The van der Waals surface area contributed by atoms with Gasteiger partial charge in [-0.15, -0.1) is 0 Å². The Balaban J connectivity index is 1.83. The van der Waals surface area contributed by atoms with Crippen LogP contribution in [0.4, 0.5) is 5.82 Å². The fourth-order valence-electron chi connectivity index (χ4n) is 4.00. The van der Waals surface area contributed by atoms with Crippen LogP contribution in [0.5, 0.6) is 0 Å². The van der Waals surface area contributed by atoms with Gasteiger partial charge in [0.1, 0.15) is 5.82 Å². The van der Waals surface area contributed by atoms with Crippen molar-refractivity contribution in [3.8, 4) is 0 Å². The minimum Gasteiger partial charge on any atom is -0.356 e. The number of anilines is 1. The van der Waals surface area contributed by atoms with Crippen LogP contribution in [0.3, 0.4) is 0 Å². The third kappa shape index (κ3) is 8.03. The van der Waals surface area contributed by atoms with Gasteiger partial charge in [-0.25, -0.2) is 4.98 Å². The molecule has 162 valence electrons. The lowest BCUT2D eigenvalue weighted by atomic mass is 9.84. The predicted octanol–water partition coefficient (Wildman–Crippen LogP) is 3.77. The Morgan fingerprint density at radius 2 is 1.97 bits per heavy atom. The van der Waals surface area contributed by atoms with E-state index < -0.39 is 0 Å². The van der Waals surface area contributed by atoms with Gasteiger partial charge in [-0.3, -0.25) is 9.59 Å². The van der Waals surface area contributed by atoms with E-state index in [1.54, 1.807) is 12.3 Å². The van der Waals surface area contributed by atoms with Crippen molar-refractivity contribution in [2.45, 2.75) is 72.8 Å². The highest BCUT2D eigenvalue weighted by Gasteiger charge is 2.22. The standard InChI is InChI=1S/C23H38N4O2/c1-6-21(28)26-19-9-13-27(14-10-19)20-15-18(8-12-24-20)22(29)25-11-7-17(2)16-23(3,4)5/h8,12,15,17,19H,6-7,9-11,13-14,16H2,1-5H3,(H,25,29)(H,26,28). The Hall–Kier alpha value is -2.11. The van der Waals surface area contributed by atoms with Crippen molar-refractivity contribution in [2.24, 2.45) is 11.3 Å². The maximum absolute atomic E-state index is 12.5. The predicted molar refractivity (Wildman–Crippen MR) is 118 cm³/mol. The fourth-order valence-corrected chi connectivity index (χ4v) is 4.00. The third-order valence-electron chi connectivity index (χ3n) is 5.40. The molecule has 1 aromatic heterocycles. The lowest BCUT2D eigenvalue weighted by molar-refractivity contribution is -0.121. The van der Waals surface area contributed by atoms with Crippen molar-refractivity contribution in [1.82, 2.24) is 15.6 Å². The molecule has 0 radical (unpaired) electrons. The van der Waals surface area contributed by atoms with Gasteiger partial charge in [0.05, 0.1) is 0 Å². The van der Waals surface area contributed by atoms with Gasteiger partial charge in [-0.1, -0.05) is 34.6 Å². The van der Waals surface area contributed by atoms with Gasteiger partial charge < -0.3 is 15.5 Å². The molecule has 1 saturated heterocycles. The number of carbonyl (C=O) groups excluding carboxylic acids is 2. The van der Waals surface area contributed by atoms with Gasteiger partial charge in [-0.05, 0) is 49.1 Å². The average molecular weight is 403 g/mol. The molecule has 2 rings (SSSR count). The second-order valence-electron chi connectivity index (χ2n) is 9.50. The van der Waals surface area contributed by atoms with Crippen molar-refractivity contribution in [1.29, 1.82) is 0 Å². The molecule has 1 aliphatic heterocycles. The van der Waals surface area contributed by atoms with E-state index in [1.807, 2.05) is 13.0 Å². The maximum Gasteiger partial charge on any atom is 0.251 e. The molecule has 1 fully saturated rings. The molecule has 1 atom stereocenters. The topological polar surface area (TPSA) is 74.3 Å². The van der Waals surface area contributed by atoms with Gasteiger partial charge in [0.25, 0.3) is 5.91 Å². The number of carbonyl (C=O) groups is 2. The van der Waals surface area contributed by atoms with E-state index in [0.717, 1.165) is 44.6 Å². The summed E-state index contributed by atoms with van der Waals surface area (Å²) in [6.45, 7) is 13.2. The molecule has 1 aromatic rings. The van der Waals surface area contributed by atoms with Crippen molar-refractivity contribution in [3.05, 3.63) is 23.9 Å². The maximum atomic E-state index is 12.5. The monoisotopic (exact) mass is 402 g/mol. The van der Waals surface area contributed by atoms with Gasteiger partial charge in [0, 0.05) is 43.9 Å². The van der Waals surface area contributed by atoms with Crippen LogP contribution in [0.2, 0.25) is 0 Å². The van der Waals surface area contributed by atoms with Gasteiger partial charge in [0.2, 0.25) is 5.91 Å². The fraction of sp³-hybridized carbons (Fsp3) is 0.696. The second-order valence-corrected chi connectivity index (χ2v) is 9.50. The molecule has 1 unspecified atom stereocenters. The molecule has 6 heteroatoms. The normalized spacial score (nSPS) is 16.4. The molecule has 2 amide bonds. The van der Waals surface area contributed by atoms with Crippen LogP contribution in [0, 0.1) is 11.3 Å². The van der Waals surface area contributed by atoms with Crippen LogP contribution in [-0.4, -0.2) is 42.5 Å². The number of nitrogens with zero attached hydrogens (tertiary/aromatic N) is 2. The SMILES string of the molecule is CCC(=O)NC1CCN(c2cc(C(=O)NCCC(C)CC(C)(C)C)ccn2)CC1. The van der Waals surface area contributed by atoms with Crippen molar-refractivity contribution < 1.29 is 9.59 Å². The molecule has 0 saturated carbocycles. The van der Waals surface area contributed by atoms with E-state index >= 15 is 0 Å². The molecular weight excluding hydrogens is 364 g/mol. The van der Waals surface area contributed by atoms with Crippen LogP contribution < -0.4 is 15.5 Å². The summed E-state index contributed by atoms with van der Waals surface area (Å²) in [4.78, 5) is 30.8. The van der Waals surface area contributed by atoms with Crippen LogP contribution in [0.25, 0.3) is 0 Å². The highest BCUT2D eigenvalue weighted by atomic mass is 16.2. The zero-order chi connectivity index (χ0) is 21.4. The van der Waals surface area contributed by atoms with Crippen LogP contribution in [-0.2, 0) is 4.79 Å². The third-order valence-corrected chi connectivity index (χ3v) is 5.40. The molecule has 2 N–H and O–H groups in total. The summed E-state index contributed by atoms with van der Waals surface area (Å²) < 4.78 is 0. The van der Waals surface area contributed by atoms with E-state index in [4.69, 9.17) is 0 Å². The van der Waals surface area contributed by atoms with Crippen LogP contribution in [0.1, 0.15) is 77.1 Å². The number of piperidine rings is 1. The van der Waals surface area contributed by atoms with Crippen molar-refractivity contribution in [3.63, 3.8) is 0 Å². The summed E-state index contributed by atoms with van der Waals surface area (Å²) in [5.41, 5.74) is 0.968. The van der Waals surface area contributed by atoms with Crippen molar-refractivity contribution in [2.75, 3.05) is 24.5 Å². The zero-order valence-electron chi connectivity index (χ0n) is 18.8. The first-order valence-electron chi connectivity index (χ1n) is 11.0. The Kier molecular flexibility index (Phi) is 8.47. The molecule has 1 aliphatic rings. The minimum atomic E-state index is -0.0401. The van der Waals surface area contributed by atoms with Gasteiger partial charge in [-0.2, -0.15) is 0 Å². The molecule has 0 bridgehead atoms. The number of nitrogens with one attached hydrogen (secondary N) is 2. The lowest BCUT2D eigenvalue weighted by Gasteiger charge is -2.33. The van der Waals surface area contributed by atoms with Gasteiger partial charge >= 0.3 is 0 Å². The Morgan fingerprint density at radius 3 is 2.59 bits per heavy atom. The van der Waals surface area contributed by atoms with Crippen LogP contribution >= 0.6 is 0 Å². The number of pyridine rings is 1. The highest BCUT2D eigenvalue weighted by molar-refractivity contribution is 5.94. The molecule has 0 aliphatic carbocycles. The second kappa shape index (κ2) is 10.6. The number of amides is 2. The zero-order valence-corrected chi connectivity index (χ0v) is 18.8. The summed E-state index contributed by atoms with van der Waals surface area (Å²) >= 11 is 0. The quantitative estimate of drug-likeness (QED) is 0.694. The largest absolute Gasteiger partial charge is 0.356 e. The molecule has 2 heterocycles. The Morgan fingerprint density at radius 1 is 1.28 bits per heavy atom. The first-order valence-corrected chi connectivity index (χ1v) is 11.0. The van der Waals surface area contributed by atoms with E-state index in [1.165, 1.54) is 0 Å². The van der Waals surface area contributed by atoms with E-state index in [2.05, 4.69) is 48.2 Å². The van der Waals surface area contributed by atoms with Gasteiger partial charge in [0.15, 0.2) is 0 Å². The number of aromatic nitrogens is 1. The molecule has 6 nitrogen and oxygen atoms in total. The first-order chi connectivity index (χ1) is 13.7. The summed E-state index contributed by atoms with van der Waals surface area (Å²) in [6.07, 6.45) is 6.16. The minimum absolute atomic E-state index is 0.0401. The highest BCUT2D eigenvalue weighted by Crippen LogP contribution is 2.25. The van der Waals surface area contributed by atoms with Crippen LogP contribution in [0.15, 0.2) is 18.3 Å². The lowest BCUT2D eigenvalue weighted by Crippen LogP contribution is -2.44. The summed E-state index contributed by atoms with van der Waals surface area (Å²) in [5.74, 6) is 1.48. The summed E-state index contributed by atoms with van der Waals surface area (Å²) in [6, 6.07) is 3.88. The first kappa shape index (κ1) is 23.2. The number of hydrogen-bond acceptors (Lipinski definition) is 4.